The van der Waals surface area contributed by atoms with Gasteiger partial charge in [0.25, 0.3) is 0 Å². The number of halogens is 2. The molecule has 0 saturated heterocycles. The van der Waals surface area contributed by atoms with E-state index in [4.69, 9.17) is 0 Å². The van der Waals surface area contributed by atoms with E-state index < -0.39 is 5.82 Å². The van der Waals surface area contributed by atoms with Crippen molar-refractivity contribution < 1.29 is 9.18 Å². The molecule has 2 aromatic heterocycles. The summed E-state index contributed by atoms with van der Waals surface area (Å²) in [6, 6.07) is 18.2. The SMILES string of the molecule is O=C(CSc1nnc(-c2ccncc2)n1Cc1ccccc1)Nc1ccc(Br)cc1F. The molecule has 2 heterocycles. The minimum absolute atomic E-state index is 0.0682. The fourth-order valence-electron chi connectivity index (χ4n) is 2.93. The van der Waals surface area contributed by atoms with Crippen LogP contribution in [0.25, 0.3) is 11.4 Å². The van der Waals surface area contributed by atoms with E-state index in [1.807, 2.05) is 47.0 Å². The predicted octanol–water partition coefficient (Wildman–Crippen LogP) is 5.02. The standard InChI is InChI=1S/C22H17BrFN5OS/c23-17-6-7-19(18(24)12-17)26-20(30)14-31-22-28-27-21(16-8-10-25-11-9-16)29(22)13-15-4-2-1-3-5-15/h1-12H,13-14H2,(H,26,30). The lowest BCUT2D eigenvalue weighted by atomic mass is 10.2. The lowest BCUT2D eigenvalue weighted by Gasteiger charge is -2.11. The van der Waals surface area contributed by atoms with Crippen LogP contribution < -0.4 is 5.32 Å². The van der Waals surface area contributed by atoms with Crippen molar-refractivity contribution in [2.24, 2.45) is 0 Å². The average molecular weight is 498 g/mol. The highest BCUT2D eigenvalue weighted by molar-refractivity contribution is 9.10. The predicted molar refractivity (Wildman–Crippen MR) is 122 cm³/mol. The third-order valence-electron chi connectivity index (χ3n) is 4.38. The van der Waals surface area contributed by atoms with Crippen molar-refractivity contribution in [1.82, 2.24) is 19.7 Å². The number of thioether (sulfide) groups is 1. The number of benzene rings is 2. The van der Waals surface area contributed by atoms with Crippen LogP contribution in [0.4, 0.5) is 10.1 Å². The molecule has 0 spiro atoms. The largest absolute Gasteiger partial charge is 0.323 e. The summed E-state index contributed by atoms with van der Waals surface area (Å²) in [5.41, 5.74) is 2.10. The average Bonchev–Trinajstić information content (AvgIpc) is 3.18. The van der Waals surface area contributed by atoms with Gasteiger partial charge < -0.3 is 5.32 Å². The summed E-state index contributed by atoms with van der Waals surface area (Å²) in [6.07, 6.45) is 3.40. The molecule has 0 aliphatic carbocycles. The number of carbonyl (C=O) groups excluding carboxylic acids is 1. The van der Waals surface area contributed by atoms with Gasteiger partial charge in [0, 0.05) is 22.4 Å². The zero-order valence-electron chi connectivity index (χ0n) is 16.2. The molecule has 1 N–H and O–H groups in total. The maximum atomic E-state index is 14.0. The lowest BCUT2D eigenvalue weighted by Crippen LogP contribution is -2.15. The second-order valence-electron chi connectivity index (χ2n) is 6.57. The Morgan fingerprint density at radius 3 is 2.58 bits per heavy atom. The summed E-state index contributed by atoms with van der Waals surface area (Å²) in [7, 11) is 0. The molecule has 6 nitrogen and oxygen atoms in total. The topological polar surface area (TPSA) is 72.7 Å². The van der Waals surface area contributed by atoms with Crippen LogP contribution in [-0.2, 0) is 11.3 Å². The zero-order chi connectivity index (χ0) is 21.6. The van der Waals surface area contributed by atoms with Gasteiger partial charge in [-0.2, -0.15) is 0 Å². The first-order chi connectivity index (χ1) is 15.1. The van der Waals surface area contributed by atoms with Gasteiger partial charge in [-0.15, -0.1) is 10.2 Å². The normalized spacial score (nSPS) is 10.8. The second kappa shape index (κ2) is 9.84. The Balaban J connectivity index is 1.53. The number of hydrogen-bond donors (Lipinski definition) is 1. The van der Waals surface area contributed by atoms with Gasteiger partial charge in [0.2, 0.25) is 5.91 Å². The van der Waals surface area contributed by atoms with Crippen molar-refractivity contribution in [1.29, 1.82) is 0 Å². The van der Waals surface area contributed by atoms with Gasteiger partial charge in [-0.3, -0.25) is 14.3 Å². The summed E-state index contributed by atoms with van der Waals surface area (Å²) in [5.74, 6) is -0.0716. The van der Waals surface area contributed by atoms with Gasteiger partial charge in [0.1, 0.15) is 5.82 Å². The molecule has 2 aromatic carbocycles. The number of nitrogens with zero attached hydrogens (tertiary/aromatic N) is 4. The molecule has 9 heteroatoms. The van der Waals surface area contributed by atoms with Crippen molar-refractivity contribution in [3.8, 4) is 11.4 Å². The van der Waals surface area contributed by atoms with Crippen LogP contribution >= 0.6 is 27.7 Å². The highest BCUT2D eigenvalue weighted by atomic mass is 79.9. The monoisotopic (exact) mass is 497 g/mol. The van der Waals surface area contributed by atoms with Crippen molar-refractivity contribution in [3.05, 3.63) is 88.9 Å². The molecule has 4 aromatic rings. The molecule has 156 valence electrons. The maximum absolute atomic E-state index is 14.0. The van der Waals surface area contributed by atoms with Crippen molar-refractivity contribution in [3.63, 3.8) is 0 Å². The van der Waals surface area contributed by atoms with Gasteiger partial charge in [-0.05, 0) is 35.9 Å². The Bertz CT molecular complexity index is 1190. The molecule has 1 amide bonds. The lowest BCUT2D eigenvalue weighted by molar-refractivity contribution is -0.113. The number of hydrogen-bond acceptors (Lipinski definition) is 5. The Hall–Kier alpha value is -3.04. The molecule has 0 aliphatic rings. The highest BCUT2D eigenvalue weighted by Crippen LogP contribution is 2.25. The number of pyridine rings is 1. The summed E-state index contributed by atoms with van der Waals surface area (Å²) < 4.78 is 16.6. The highest BCUT2D eigenvalue weighted by Gasteiger charge is 2.17. The van der Waals surface area contributed by atoms with Crippen LogP contribution in [0.15, 0.2) is 82.7 Å². The quantitative estimate of drug-likeness (QED) is 0.363. The molecule has 4 rings (SSSR count). The Kier molecular flexibility index (Phi) is 6.73. The summed E-state index contributed by atoms with van der Waals surface area (Å²) >= 11 is 4.45. The van der Waals surface area contributed by atoms with Crippen LogP contribution in [0.2, 0.25) is 0 Å². The first kappa shape index (κ1) is 21.2. The number of carbonyl (C=O) groups is 1. The van der Waals surface area contributed by atoms with Crippen LogP contribution in [0.3, 0.4) is 0 Å². The minimum Gasteiger partial charge on any atom is -0.323 e. The number of rotatable bonds is 7. The number of anilines is 1. The summed E-state index contributed by atoms with van der Waals surface area (Å²) in [4.78, 5) is 16.4. The third-order valence-corrected chi connectivity index (χ3v) is 5.84. The molecule has 0 bridgehead atoms. The molecule has 0 radical (unpaired) electrons. The van der Waals surface area contributed by atoms with Crippen molar-refractivity contribution >= 4 is 39.3 Å². The first-order valence-electron chi connectivity index (χ1n) is 9.35. The maximum Gasteiger partial charge on any atom is 0.234 e. The van der Waals surface area contributed by atoms with Crippen LogP contribution in [0, 0.1) is 5.82 Å². The molecule has 0 saturated carbocycles. The van der Waals surface area contributed by atoms with Crippen LogP contribution in [0.1, 0.15) is 5.56 Å². The van der Waals surface area contributed by atoms with Gasteiger partial charge in [-0.1, -0.05) is 58.0 Å². The molecule has 0 aliphatic heterocycles. The summed E-state index contributed by atoms with van der Waals surface area (Å²) in [6.45, 7) is 0.552. The van der Waals surface area contributed by atoms with E-state index in [1.54, 1.807) is 18.5 Å². The number of nitrogens with one attached hydrogen (secondary N) is 1. The van der Waals surface area contributed by atoms with Crippen LogP contribution in [0.5, 0.6) is 0 Å². The Labute approximate surface area is 191 Å². The van der Waals surface area contributed by atoms with Gasteiger partial charge in [-0.25, -0.2) is 4.39 Å². The molecule has 0 fully saturated rings. The van der Waals surface area contributed by atoms with E-state index in [0.29, 0.717) is 22.0 Å². The molecule has 31 heavy (non-hydrogen) atoms. The van der Waals surface area contributed by atoms with E-state index in [1.165, 1.54) is 23.9 Å². The van der Waals surface area contributed by atoms with Gasteiger partial charge in [0.05, 0.1) is 18.0 Å². The van der Waals surface area contributed by atoms with E-state index in [9.17, 15) is 9.18 Å². The van der Waals surface area contributed by atoms with Crippen LogP contribution in [-0.4, -0.2) is 31.4 Å². The Morgan fingerprint density at radius 2 is 1.84 bits per heavy atom. The molecular weight excluding hydrogens is 481 g/mol. The number of amides is 1. The van der Waals surface area contributed by atoms with E-state index in [0.717, 1.165) is 11.1 Å². The van der Waals surface area contributed by atoms with Crippen molar-refractivity contribution in [2.75, 3.05) is 11.1 Å². The fraction of sp³-hybridized carbons (Fsp3) is 0.0909. The first-order valence-corrected chi connectivity index (χ1v) is 11.1. The van der Waals surface area contributed by atoms with E-state index in [2.05, 4.69) is 36.4 Å². The second-order valence-corrected chi connectivity index (χ2v) is 8.43. The van der Waals surface area contributed by atoms with Gasteiger partial charge in [0.15, 0.2) is 11.0 Å². The number of aromatic nitrogens is 4. The molecule has 0 unspecified atom stereocenters. The van der Waals surface area contributed by atoms with Gasteiger partial charge >= 0.3 is 0 Å². The Morgan fingerprint density at radius 1 is 1.06 bits per heavy atom. The minimum atomic E-state index is -0.500. The third kappa shape index (κ3) is 5.36. The molecule has 0 atom stereocenters. The fourth-order valence-corrected chi connectivity index (χ4v) is 4.00. The van der Waals surface area contributed by atoms with Crippen molar-refractivity contribution in [2.45, 2.75) is 11.7 Å². The zero-order valence-corrected chi connectivity index (χ0v) is 18.6. The van der Waals surface area contributed by atoms with E-state index in [-0.39, 0.29) is 17.3 Å². The summed E-state index contributed by atoms with van der Waals surface area (Å²) in [5, 5.41) is 11.8. The molecular formula is C22H17BrFN5OS. The van der Waals surface area contributed by atoms with E-state index >= 15 is 0 Å². The smallest absolute Gasteiger partial charge is 0.234 e.